The molecule has 0 aliphatic heterocycles. The summed E-state index contributed by atoms with van der Waals surface area (Å²) in [6.45, 7) is 0.880. The zero-order valence-corrected chi connectivity index (χ0v) is 15.5. The Morgan fingerprint density at radius 1 is 1.07 bits per heavy atom. The number of benzene rings is 2. The standard InChI is InChI=1S/C19H19N3O4S/c1-26-19(23)17-6-8-18(9-7-17)27(24,25)21-12-15-2-4-16(5-3-15)13-22-11-10-20-14-22/h2-11,14,21H,12-13H2,1H3. The van der Waals surface area contributed by atoms with Crippen molar-refractivity contribution < 1.29 is 17.9 Å². The van der Waals surface area contributed by atoms with Crippen LogP contribution in [0.25, 0.3) is 0 Å². The molecule has 27 heavy (non-hydrogen) atoms. The van der Waals surface area contributed by atoms with Gasteiger partial charge in [-0.1, -0.05) is 24.3 Å². The molecule has 7 nitrogen and oxygen atoms in total. The number of carbonyl (C=O) groups is 1. The number of imidazole rings is 1. The van der Waals surface area contributed by atoms with E-state index in [1.54, 1.807) is 12.5 Å². The highest BCUT2D eigenvalue weighted by molar-refractivity contribution is 7.89. The van der Waals surface area contributed by atoms with Gasteiger partial charge in [-0.05, 0) is 35.4 Å². The quantitative estimate of drug-likeness (QED) is 0.630. The second-order valence-corrected chi connectivity index (χ2v) is 7.66. The molecule has 0 radical (unpaired) electrons. The monoisotopic (exact) mass is 385 g/mol. The summed E-state index contributed by atoms with van der Waals surface area (Å²) >= 11 is 0. The topological polar surface area (TPSA) is 90.3 Å². The summed E-state index contributed by atoms with van der Waals surface area (Å²) in [6.07, 6.45) is 5.35. The molecular weight excluding hydrogens is 366 g/mol. The summed E-state index contributed by atoms with van der Waals surface area (Å²) in [6, 6.07) is 13.3. The Morgan fingerprint density at radius 3 is 2.33 bits per heavy atom. The second-order valence-electron chi connectivity index (χ2n) is 5.89. The number of carbonyl (C=O) groups excluding carboxylic acids is 1. The lowest BCUT2D eigenvalue weighted by molar-refractivity contribution is 0.0600. The smallest absolute Gasteiger partial charge is 0.337 e. The number of nitrogens with one attached hydrogen (secondary N) is 1. The summed E-state index contributed by atoms with van der Waals surface area (Å²) in [4.78, 5) is 15.5. The van der Waals surface area contributed by atoms with Crippen molar-refractivity contribution in [1.29, 1.82) is 0 Å². The Labute approximate surface area is 157 Å². The number of esters is 1. The molecular formula is C19H19N3O4S. The van der Waals surface area contributed by atoms with Gasteiger partial charge in [0.1, 0.15) is 0 Å². The van der Waals surface area contributed by atoms with Crippen LogP contribution in [0.3, 0.4) is 0 Å². The first-order valence-electron chi connectivity index (χ1n) is 8.19. The molecule has 8 heteroatoms. The van der Waals surface area contributed by atoms with E-state index in [0.717, 1.165) is 11.1 Å². The van der Waals surface area contributed by atoms with Crippen LogP contribution in [0, 0.1) is 0 Å². The highest BCUT2D eigenvalue weighted by Crippen LogP contribution is 2.13. The fourth-order valence-electron chi connectivity index (χ4n) is 2.50. The third kappa shape index (κ3) is 4.81. The van der Waals surface area contributed by atoms with Crippen molar-refractivity contribution in [2.45, 2.75) is 18.0 Å². The minimum absolute atomic E-state index is 0.0897. The number of aromatic nitrogens is 2. The molecule has 0 unspecified atom stereocenters. The Kier molecular flexibility index (Phi) is 5.68. The summed E-state index contributed by atoms with van der Waals surface area (Å²) in [5.41, 5.74) is 2.24. The van der Waals surface area contributed by atoms with Crippen molar-refractivity contribution in [2.24, 2.45) is 0 Å². The molecule has 0 spiro atoms. The Hall–Kier alpha value is -2.97. The van der Waals surface area contributed by atoms with Gasteiger partial charge in [0.2, 0.25) is 10.0 Å². The Balaban J connectivity index is 1.62. The number of hydrogen-bond acceptors (Lipinski definition) is 5. The van der Waals surface area contributed by atoms with Gasteiger partial charge in [-0.25, -0.2) is 22.9 Å². The molecule has 1 N–H and O–H groups in total. The summed E-state index contributed by atoms with van der Waals surface area (Å²) in [7, 11) is -2.40. The lowest BCUT2D eigenvalue weighted by atomic mass is 10.1. The molecule has 0 atom stereocenters. The van der Waals surface area contributed by atoms with Crippen LogP contribution >= 0.6 is 0 Å². The molecule has 0 bridgehead atoms. The fourth-order valence-corrected chi connectivity index (χ4v) is 3.52. The Morgan fingerprint density at radius 2 is 1.74 bits per heavy atom. The molecule has 3 rings (SSSR count). The third-order valence-electron chi connectivity index (χ3n) is 4.00. The van der Waals surface area contributed by atoms with Crippen LogP contribution in [0.2, 0.25) is 0 Å². The van der Waals surface area contributed by atoms with Crippen LogP contribution in [-0.4, -0.2) is 31.0 Å². The van der Waals surface area contributed by atoms with Gasteiger partial charge >= 0.3 is 5.97 Å². The molecule has 140 valence electrons. The van der Waals surface area contributed by atoms with Crippen LogP contribution < -0.4 is 4.72 Å². The number of ether oxygens (including phenoxy) is 1. The third-order valence-corrected chi connectivity index (χ3v) is 5.42. The minimum atomic E-state index is -3.67. The molecule has 0 saturated carbocycles. The lowest BCUT2D eigenvalue weighted by Gasteiger charge is -2.09. The number of rotatable bonds is 7. The van der Waals surface area contributed by atoms with E-state index in [0.29, 0.717) is 12.1 Å². The van der Waals surface area contributed by atoms with E-state index in [4.69, 9.17) is 0 Å². The maximum absolute atomic E-state index is 12.4. The van der Waals surface area contributed by atoms with Gasteiger partial charge in [-0.15, -0.1) is 0 Å². The predicted molar refractivity (Wildman–Crippen MR) is 99.6 cm³/mol. The Bertz CT molecular complexity index is 996. The van der Waals surface area contributed by atoms with Crippen LogP contribution in [0.1, 0.15) is 21.5 Å². The van der Waals surface area contributed by atoms with E-state index in [1.165, 1.54) is 31.4 Å². The summed E-state index contributed by atoms with van der Waals surface area (Å²) < 4.78 is 33.9. The van der Waals surface area contributed by atoms with Gasteiger partial charge in [0.25, 0.3) is 0 Å². The normalized spacial score (nSPS) is 11.3. The first-order valence-corrected chi connectivity index (χ1v) is 9.68. The van der Waals surface area contributed by atoms with Crippen molar-refractivity contribution in [1.82, 2.24) is 14.3 Å². The largest absolute Gasteiger partial charge is 0.465 e. The van der Waals surface area contributed by atoms with Gasteiger partial charge in [0.15, 0.2) is 0 Å². The predicted octanol–water partition coefficient (Wildman–Crippen LogP) is 2.20. The van der Waals surface area contributed by atoms with Gasteiger partial charge in [0.05, 0.1) is 23.9 Å². The zero-order valence-electron chi connectivity index (χ0n) is 14.7. The summed E-state index contributed by atoms with van der Waals surface area (Å²) in [5.74, 6) is -0.511. The number of sulfonamides is 1. The second kappa shape index (κ2) is 8.15. The average molecular weight is 385 g/mol. The molecule has 0 aliphatic carbocycles. The molecule has 0 saturated heterocycles. The highest BCUT2D eigenvalue weighted by Gasteiger charge is 2.15. The van der Waals surface area contributed by atoms with Crippen molar-refractivity contribution in [2.75, 3.05) is 7.11 Å². The number of hydrogen-bond donors (Lipinski definition) is 1. The maximum atomic E-state index is 12.4. The van der Waals surface area contributed by atoms with Gasteiger partial charge in [0, 0.05) is 25.5 Å². The van der Waals surface area contributed by atoms with E-state index in [9.17, 15) is 13.2 Å². The molecule has 0 aliphatic rings. The fraction of sp³-hybridized carbons (Fsp3) is 0.158. The average Bonchev–Trinajstić information content (AvgIpc) is 3.20. The van der Waals surface area contributed by atoms with E-state index < -0.39 is 16.0 Å². The summed E-state index contributed by atoms with van der Waals surface area (Å²) in [5, 5.41) is 0. The van der Waals surface area contributed by atoms with E-state index in [-0.39, 0.29) is 11.4 Å². The maximum Gasteiger partial charge on any atom is 0.337 e. The van der Waals surface area contributed by atoms with Gasteiger partial charge < -0.3 is 9.30 Å². The molecule has 0 fully saturated rings. The number of methoxy groups -OCH3 is 1. The molecule has 2 aromatic carbocycles. The van der Waals surface area contributed by atoms with Crippen LogP contribution in [0.15, 0.2) is 72.1 Å². The number of nitrogens with zero attached hydrogens (tertiary/aromatic N) is 2. The molecule has 1 heterocycles. The van der Waals surface area contributed by atoms with Crippen molar-refractivity contribution >= 4 is 16.0 Å². The van der Waals surface area contributed by atoms with Crippen molar-refractivity contribution in [3.63, 3.8) is 0 Å². The first-order chi connectivity index (χ1) is 13.0. The zero-order chi connectivity index (χ0) is 19.3. The SMILES string of the molecule is COC(=O)c1ccc(S(=O)(=O)NCc2ccc(Cn3ccnc3)cc2)cc1. The first kappa shape index (κ1) is 18.8. The van der Waals surface area contributed by atoms with E-state index in [1.807, 2.05) is 35.0 Å². The van der Waals surface area contributed by atoms with Crippen LogP contribution in [-0.2, 0) is 27.8 Å². The molecule has 3 aromatic rings. The van der Waals surface area contributed by atoms with Gasteiger partial charge in [-0.2, -0.15) is 0 Å². The van der Waals surface area contributed by atoms with Crippen LogP contribution in [0.4, 0.5) is 0 Å². The van der Waals surface area contributed by atoms with Crippen molar-refractivity contribution in [3.8, 4) is 0 Å². The minimum Gasteiger partial charge on any atom is -0.465 e. The van der Waals surface area contributed by atoms with Gasteiger partial charge in [-0.3, -0.25) is 0 Å². The molecule has 1 aromatic heterocycles. The van der Waals surface area contributed by atoms with Crippen molar-refractivity contribution in [3.05, 3.63) is 83.9 Å². The van der Waals surface area contributed by atoms with E-state index in [2.05, 4.69) is 14.4 Å². The van der Waals surface area contributed by atoms with Crippen LogP contribution in [0.5, 0.6) is 0 Å². The van der Waals surface area contributed by atoms with E-state index >= 15 is 0 Å². The molecule has 0 amide bonds. The highest BCUT2D eigenvalue weighted by atomic mass is 32.2. The lowest BCUT2D eigenvalue weighted by Crippen LogP contribution is -2.23.